The van der Waals surface area contributed by atoms with Crippen molar-refractivity contribution in [2.75, 3.05) is 7.11 Å². The minimum Gasteiger partial charge on any atom is -0.495 e. The van der Waals surface area contributed by atoms with Gasteiger partial charge < -0.3 is 10.5 Å². The molecule has 0 unspecified atom stereocenters. The first-order valence-electron chi connectivity index (χ1n) is 3.79. The Morgan fingerprint density at radius 2 is 2.27 bits per heavy atom. The van der Waals surface area contributed by atoms with Gasteiger partial charge in [0.05, 0.1) is 24.4 Å². The first-order valence-corrected chi connectivity index (χ1v) is 4.87. The minimum atomic E-state index is -2.83. The van der Waals surface area contributed by atoms with E-state index in [0.717, 1.165) is 6.20 Å². The fraction of sp³-hybridized carbons (Fsp3) is 0.250. The number of nitrogens with zero attached hydrogens (tertiary/aromatic N) is 1. The maximum atomic E-state index is 12.7. The van der Waals surface area contributed by atoms with Gasteiger partial charge in [0.1, 0.15) is 9.45 Å². The van der Waals surface area contributed by atoms with Crippen LogP contribution in [-0.2, 0) is 0 Å². The Morgan fingerprint density at radius 3 is 2.67 bits per heavy atom. The van der Waals surface area contributed by atoms with Crippen LogP contribution in [0.25, 0.3) is 0 Å². The van der Waals surface area contributed by atoms with Crippen LogP contribution in [-0.4, -0.2) is 18.0 Å². The van der Waals surface area contributed by atoms with Gasteiger partial charge in [-0.3, -0.25) is 4.79 Å². The second kappa shape index (κ2) is 4.69. The Balaban J connectivity index is 3.51. The highest BCUT2D eigenvalue weighted by molar-refractivity contribution is 14.1. The van der Waals surface area contributed by atoms with E-state index in [9.17, 15) is 13.6 Å². The Hall–Kier alpha value is -0.990. The summed E-state index contributed by atoms with van der Waals surface area (Å²) in [6.07, 6.45) is -1.70. The number of hydrogen-bond acceptors (Lipinski definition) is 3. The van der Waals surface area contributed by atoms with Crippen molar-refractivity contribution in [1.29, 1.82) is 0 Å². The lowest BCUT2D eigenvalue weighted by molar-refractivity contribution is 0.0981. The SMILES string of the molecule is COc1cnc(I)c(C(N)=O)c1C(F)F. The monoisotopic (exact) mass is 328 g/mol. The molecule has 0 aliphatic heterocycles. The molecule has 4 nitrogen and oxygen atoms in total. The van der Waals surface area contributed by atoms with Crippen molar-refractivity contribution >= 4 is 28.5 Å². The molecule has 2 N–H and O–H groups in total. The summed E-state index contributed by atoms with van der Waals surface area (Å²) in [5.74, 6) is -1.08. The van der Waals surface area contributed by atoms with Crippen molar-refractivity contribution < 1.29 is 18.3 Å². The molecule has 0 aliphatic carbocycles. The molecule has 0 fully saturated rings. The van der Waals surface area contributed by atoms with Crippen molar-refractivity contribution in [2.24, 2.45) is 5.73 Å². The first-order chi connectivity index (χ1) is 6.99. The molecule has 15 heavy (non-hydrogen) atoms. The van der Waals surface area contributed by atoms with Crippen molar-refractivity contribution in [3.63, 3.8) is 0 Å². The highest BCUT2D eigenvalue weighted by Gasteiger charge is 2.25. The highest BCUT2D eigenvalue weighted by Crippen LogP contribution is 2.33. The second-order valence-electron chi connectivity index (χ2n) is 2.57. The number of halogens is 3. The molecule has 1 amide bonds. The number of hydrogen-bond donors (Lipinski definition) is 1. The van der Waals surface area contributed by atoms with E-state index in [1.54, 1.807) is 22.6 Å². The van der Waals surface area contributed by atoms with Gasteiger partial charge in [-0.05, 0) is 22.6 Å². The molecule has 0 aliphatic rings. The maximum Gasteiger partial charge on any atom is 0.268 e. The third kappa shape index (κ3) is 2.33. The summed E-state index contributed by atoms with van der Waals surface area (Å²) in [6, 6.07) is 0. The Labute approximate surface area is 98.0 Å². The van der Waals surface area contributed by atoms with Crippen LogP contribution >= 0.6 is 22.6 Å². The number of ether oxygens (including phenoxy) is 1. The van der Waals surface area contributed by atoms with Crippen molar-refractivity contribution in [1.82, 2.24) is 4.98 Å². The molecule has 0 spiro atoms. The number of amides is 1. The van der Waals surface area contributed by atoms with Gasteiger partial charge >= 0.3 is 0 Å². The van der Waals surface area contributed by atoms with Gasteiger partial charge in [-0.25, -0.2) is 13.8 Å². The van der Waals surface area contributed by atoms with Gasteiger partial charge in [-0.2, -0.15) is 0 Å². The number of nitrogens with two attached hydrogens (primary N) is 1. The van der Waals surface area contributed by atoms with E-state index < -0.39 is 17.9 Å². The Bertz CT molecular complexity index is 398. The lowest BCUT2D eigenvalue weighted by Crippen LogP contribution is -2.17. The highest BCUT2D eigenvalue weighted by atomic mass is 127. The van der Waals surface area contributed by atoms with Crippen molar-refractivity contribution in [3.8, 4) is 5.75 Å². The van der Waals surface area contributed by atoms with Gasteiger partial charge in [0.15, 0.2) is 0 Å². The zero-order chi connectivity index (χ0) is 11.6. The molecule has 1 heterocycles. The van der Waals surface area contributed by atoms with Gasteiger partial charge in [0.2, 0.25) is 0 Å². The second-order valence-corrected chi connectivity index (χ2v) is 3.59. The Kier molecular flexibility index (Phi) is 3.77. The average molecular weight is 328 g/mol. The molecule has 0 aromatic carbocycles. The van der Waals surface area contributed by atoms with Crippen LogP contribution in [0.3, 0.4) is 0 Å². The molecule has 0 saturated heterocycles. The van der Waals surface area contributed by atoms with E-state index in [1.807, 2.05) is 0 Å². The summed E-state index contributed by atoms with van der Waals surface area (Å²) in [7, 11) is 1.22. The number of methoxy groups -OCH3 is 1. The molecule has 1 aromatic heterocycles. The van der Waals surface area contributed by atoms with Gasteiger partial charge in [-0.15, -0.1) is 0 Å². The molecule has 0 saturated carbocycles. The molecular formula is C8H7F2IN2O2. The van der Waals surface area contributed by atoms with Gasteiger partial charge in [0.25, 0.3) is 12.3 Å². The van der Waals surface area contributed by atoms with Gasteiger partial charge in [-0.1, -0.05) is 0 Å². The molecule has 0 bridgehead atoms. The third-order valence-corrected chi connectivity index (χ3v) is 2.54. The van der Waals surface area contributed by atoms with Crippen molar-refractivity contribution in [3.05, 3.63) is 21.0 Å². The molecule has 1 rings (SSSR count). The minimum absolute atomic E-state index is 0.135. The summed E-state index contributed by atoms with van der Waals surface area (Å²) in [5.41, 5.74) is 4.21. The van der Waals surface area contributed by atoms with Crippen molar-refractivity contribution in [2.45, 2.75) is 6.43 Å². The molecule has 0 radical (unpaired) electrons. The summed E-state index contributed by atoms with van der Waals surface area (Å²) < 4.78 is 30.2. The molecule has 1 aromatic rings. The smallest absolute Gasteiger partial charge is 0.268 e. The van der Waals surface area contributed by atoms with E-state index in [1.165, 1.54) is 7.11 Å². The van der Waals surface area contributed by atoms with Crippen LogP contribution in [0.4, 0.5) is 8.78 Å². The van der Waals surface area contributed by atoms with E-state index in [0.29, 0.717) is 0 Å². The van der Waals surface area contributed by atoms with Crippen LogP contribution in [0, 0.1) is 3.70 Å². The fourth-order valence-corrected chi connectivity index (χ4v) is 1.79. The van der Waals surface area contributed by atoms with Crippen LogP contribution in [0.15, 0.2) is 6.20 Å². The molecule has 0 atom stereocenters. The lowest BCUT2D eigenvalue weighted by Gasteiger charge is -2.11. The number of carbonyl (C=O) groups is 1. The third-order valence-electron chi connectivity index (χ3n) is 1.72. The zero-order valence-corrected chi connectivity index (χ0v) is 9.79. The largest absolute Gasteiger partial charge is 0.495 e. The number of aromatic nitrogens is 1. The van der Waals surface area contributed by atoms with E-state index >= 15 is 0 Å². The quantitative estimate of drug-likeness (QED) is 0.679. The topological polar surface area (TPSA) is 65.2 Å². The van der Waals surface area contributed by atoms with E-state index in [2.05, 4.69) is 4.98 Å². The number of carbonyl (C=O) groups excluding carboxylic acids is 1. The standard InChI is InChI=1S/C8H7F2IN2O2/c1-15-3-2-13-7(11)5(8(12)14)4(3)6(9)10/h2,6H,1H3,(H2,12,14). The predicted molar refractivity (Wildman–Crippen MR) is 57.0 cm³/mol. The average Bonchev–Trinajstić information content (AvgIpc) is 2.16. The zero-order valence-electron chi connectivity index (χ0n) is 7.63. The lowest BCUT2D eigenvalue weighted by atomic mass is 10.1. The van der Waals surface area contributed by atoms with Crippen LogP contribution in [0.2, 0.25) is 0 Å². The van der Waals surface area contributed by atoms with Crippen LogP contribution in [0.5, 0.6) is 5.75 Å². The molecule has 7 heteroatoms. The number of primary amides is 1. The maximum absolute atomic E-state index is 12.7. The summed E-state index contributed by atoms with van der Waals surface area (Å²) in [4.78, 5) is 14.7. The van der Waals surface area contributed by atoms with Crippen LogP contribution in [0.1, 0.15) is 22.3 Å². The van der Waals surface area contributed by atoms with E-state index in [-0.39, 0.29) is 15.0 Å². The Morgan fingerprint density at radius 1 is 1.67 bits per heavy atom. The summed E-state index contributed by atoms with van der Waals surface area (Å²) in [6.45, 7) is 0. The number of alkyl halides is 2. The van der Waals surface area contributed by atoms with Gasteiger partial charge in [0, 0.05) is 0 Å². The number of pyridine rings is 1. The summed E-state index contributed by atoms with van der Waals surface area (Å²) in [5, 5.41) is 0. The fourth-order valence-electron chi connectivity index (χ4n) is 1.10. The predicted octanol–water partition coefficient (Wildman–Crippen LogP) is 1.73. The molecule has 82 valence electrons. The normalized spacial score (nSPS) is 10.5. The summed E-state index contributed by atoms with van der Waals surface area (Å²) >= 11 is 1.67. The number of rotatable bonds is 3. The van der Waals surface area contributed by atoms with Crippen LogP contribution < -0.4 is 10.5 Å². The first kappa shape index (κ1) is 12.1. The van der Waals surface area contributed by atoms with E-state index in [4.69, 9.17) is 10.5 Å². The molecular weight excluding hydrogens is 321 g/mol.